The summed E-state index contributed by atoms with van der Waals surface area (Å²) < 4.78 is 0. The summed E-state index contributed by atoms with van der Waals surface area (Å²) >= 11 is 0. The standard InChI is InChI=1S/C19H16O4/c1-9-7-10-5-6-12-17(15(10)14(21)8-9)19(23)11-3-2-4-13(20)16(11)18(12)22/h2-6,9,19-20,23H,7-8H2,1H3. The lowest BCUT2D eigenvalue weighted by Gasteiger charge is -2.30. The van der Waals surface area contributed by atoms with Gasteiger partial charge in [-0.2, -0.15) is 0 Å². The van der Waals surface area contributed by atoms with Gasteiger partial charge in [-0.1, -0.05) is 31.2 Å². The summed E-state index contributed by atoms with van der Waals surface area (Å²) in [5, 5.41) is 20.8. The Morgan fingerprint density at radius 1 is 1.04 bits per heavy atom. The number of aliphatic hydroxyl groups is 1. The van der Waals surface area contributed by atoms with Gasteiger partial charge in [0.05, 0.1) is 5.56 Å². The van der Waals surface area contributed by atoms with E-state index in [0.717, 1.165) is 12.0 Å². The smallest absolute Gasteiger partial charge is 0.197 e. The van der Waals surface area contributed by atoms with Gasteiger partial charge in [-0.25, -0.2) is 0 Å². The van der Waals surface area contributed by atoms with E-state index in [-0.39, 0.29) is 28.8 Å². The van der Waals surface area contributed by atoms with E-state index >= 15 is 0 Å². The molecule has 4 nitrogen and oxygen atoms in total. The second kappa shape index (κ2) is 4.77. The van der Waals surface area contributed by atoms with Gasteiger partial charge < -0.3 is 10.2 Å². The summed E-state index contributed by atoms with van der Waals surface area (Å²) in [5.74, 6) is -0.241. The highest BCUT2D eigenvalue weighted by molar-refractivity contribution is 6.16. The van der Waals surface area contributed by atoms with E-state index in [1.165, 1.54) is 6.07 Å². The predicted molar refractivity (Wildman–Crippen MR) is 83.9 cm³/mol. The Hall–Kier alpha value is -2.46. The van der Waals surface area contributed by atoms with E-state index in [1.807, 2.05) is 6.92 Å². The summed E-state index contributed by atoms with van der Waals surface area (Å²) in [4.78, 5) is 25.3. The lowest BCUT2D eigenvalue weighted by Crippen LogP contribution is -2.27. The van der Waals surface area contributed by atoms with E-state index in [2.05, 4.69) is 0 Å². The Morgan fingerprint density at radius 3 is 2.61 bits per heavy atom. The van der Waals surface area contributed by atoms with Crippen molar-refractivity contribution in [2.75, 3.05) is 0 Å². The predicted octanol–water partition coefficient (Wildman–Crippen LogP) is 2.78. The molecule has 0 spiro atoms. The van der Waals surface area contributed by atoms with Crippen LogP contribution >= 0.6 is 0 Å². The molecule has 2 aliphatic rings. The van der Waals surface area contributed by atoms with Crippen LogP contribution in [0.5, 0.6) is 5.75 Å². The number of aliphatic hydroxyl groups excluding tert-OH is 1. The highest BCUT2D eigenvalue weighted by Crippen LogP contribution is 2.42. The van der Waals surface area contributed by atoms with Crippen LogP contribution in [-0.4, -0.2) is 21.8 Å². The number of aromatic hydroxyl groups is 1. The van der Waals surface area contributed by atoms with Gasteiger partial charge in [0.2, 0.25) is 0 Å². The second-order valence-corrected chi connectivity index (χ2v) is 6.47. The Bertz CT molecular complexity index is 866. The molecule has 0 heterocycles. The van der Waals surface area contributed by atoms with Crippen LogP contribution in [0.3, 0.4) is 0 Å². The fourth-order valence-electron chi connectivity index (χ4n) is 3.84. The van der Waals surface area contributed by atoms with Crippen molar-refractivity contribution in [2.24, 2.45) is 5.92 Å². The topological polar surface area (TPSA) is 74.6 Å². The fraction of sp³-hybridized carbons (Fsp3) is 0.263. The number of fused-ring (bicyclic) bond motifs is 4. The van der Waals surface area contributed by atoms with Crippen molar-refractivity contribution < 1.29 is 19.8 Å². The van der Waals surface area contributed by atoms with Gasteiger partial charge >= 0.3 is 0 Å². The Morgan fingerprint density at radius 2 is 1.83 bits per heavy atom. The van der Waals surface area contributed by atoms with Crippen molar-refractivity contribution in [1.29, 1.82) is 0 Å². The minimum Gasteiger partial charge on any atom is -0.507 e. The minimum absolute atomic E-state index is 0.0222. The average molecular weight is 308 g/mol. The van der Waals surface area contributed by atoms with Crippen LogP contribution < -0.4 is 0 Å². The zero-order chi connectivity index (χ0) is 16.3. The number of rotatable bonds is 0. The van der Waals surface area contributed by atoms with Gasteiger partial charge in [0, 0.05) is 23.1 Å². The van der Waals surface area contributed by atoms with Gasteiger partial charge in [0.15, 0.2) is 11.6 Å². The number of benzene rings is 2. The molecular weight excluding hydrogens is 292 g/mol. The number of hydrogen-bond acceptors (Lipinski definition) is 4. The highest BCUT2D eigenvalue weighted by Gasteiger charge is 2.37. The van der Waals surface area contributed by atoms with Crippen LogP contribution in [-0.2, 0) is 6.42 Å². The number of phenols is 1. The third-order valence-electron chi connectivity index (χ3n) is 4.83. The maximum Gasteiger partial charge on any atom is 0.197 e. The molecule has 0 fully saturated rings. The number of carbonyl (C=O) groups is 2. The number of Topliss-reactive ketones (excluding diaryl/α,β-unsaturated/α-hetero) is 1. The summed E-state index contributed by atoms with van der Waals surface area (Å²) in [7, 11) is 0. The largest absolute Gasteiger partial charge is 0.507 e. The first-order chi connectivity index (χ1) is 11.0. The number of carbonyl (C=O) groups excluding carboxylic acids is 2. The Labute approximate surface area is 133 Å². The van der Waals surface area contributed by atoms with Gasteiger partial charge in [0.1, 0.15) is 11.9 Å². The molecule has 23 heavy (non-hydrogen) atoms. The van der Waals surface area contributed by atoms with Crippen LogP contribution in [0, 0.1) is 5.92 Å². The van der Waals surface area contributed by atoms with Gasteiger partial charge in [-0.05, 0) is 29.5 Å². The highest BCUT2D eigenvalue weighted by atomic mass is 16.3. The number of ketones is 2. The molecule has 0 saturated heterocycles. The van der Waals surface area contributed by atoms with Gasteiger partial charge in [0.25, 0.3) is 0 Å². The first-order valence-electron chi connectivity index (χ1n) is 7.72. The molecule has 0 bridgehead atoms. The SMILES string of the molecule is CC1CC(=O)c2c(ccc3c2C(O)c2cccc(O)c2C3=O)C1. The van der Waals surface area contributed by atoms with Crippen molar-refractivity contribution in [2.45, 2.75) is 25.9 Å². The van der Waals surface area contributed by atoms with Crippen LogP contribution in [0.1, 0.15) is 62.4 Å². The van der Waals surface area contributed by atoms with Crippen molar-refractivity contribution in [1.82, 2.24) is 0 Å². The maximum atomic E-state index is 12.7. The molecule has 2 unspecified atom stereocenters. The maximum absolute atomic E-state index is 12.7. The van der Waals surface area contributed by atoms with E-state index in [9.17, 15) is 19.8 Å². The molecule has 0 amide bonds. The zero-order valence-electron chi connectivity index (χ0n) is 12.7. The minimum atomic E-state index is -1.07. The summed E-state index contributed by atoms with van der Waals surface area (Å²) in [5.41, 5.74) is 2.60. The van der Waals surface area contributed by atoms with Crippen molar-refractivity contribution in [3.63, 3.8) is 0 Å². The number of phenolic OH excluding ortho intramolecular Hbond substituents is 1. The molecule has 0 saturated carbocycles. The summed E-state index contributed by atoms with van der Waals surface area (Å²) in [6.07, 6.45) is 0.122. The molecule has 0 aromatic heterocycles. The fourth-order valence-corrected chi connectivity index (χ4v) is 3.84. The molecule has 2 atom stereocenters. The zero-order valence-corrected chi connectivity index (χ0v) is 12.7. The van der Waals surface area contributed by atoms with Crippen molar-refractivity contribution in [3.05, 3.63) is 63.7 Å². The second-order valence-electron chi connectivity index (χ2n) is 6.47. The van der Waals surface area contributed by atoms with Crippen molar-refractivity contribution in [3.8, 4) is 5.75 Å². The van der Waals surface area contributed by atoms with E-state index in [0.29, 0.717) is 28.7 Å². The first kappa shape index (κ1) is 14.2. The van der Waals surface area contributed by atoms with Crippen molar-refractivity contribution >= 4 is 11.6 Å². The molecule has 2 aliphatic carbocycles. The molecule has 2 aromatic rings. The molecule has 4 heteroatoms. The van der Waals surface area contributed by atoms with Crippen LogP contribution in [0.4, 0.5) is 0 Å². The van der Waals surface area contributed by atoms with E-state index in [1.54, 1.807) is 24.3 Å². The number of hydrogen-bond donors (Lipinski definition) is 2. The third kappa shape index (κ3) is 1.88. The average Bonchev–Trinajstić information content (AvgIpc) is 2.51. The van der Waals surface area contributed by atoms with E-state index < -0.39 is 6.10 Å². The third-order valence-corrected chi connectivity index (χ3v) is 4.83. The molecule has 0 radical (unpaired) electrons. The van der Waals surface area contributed by atoms with Crippen LogP contribution in [0.25, 0.3) is 0 Å². The molecule has 2 N–H and O–H groups in total. The quantitative estimate of drug-likeness (QED) is 0.785. The molecule has 4 rings (SSSR count). The first-order valence-corrected chi connectivity index (χ1v) is 7.72. The van der Waals surface area contributed by atoms with Gasteiger partial charge in [-0.15, -0.1) is 0 Å². The van der Waals surface area contributed by atoms with Gasteiger partial charge in [-0.3, -0.25) is 9.59 Å². The lowest BCUT2D eigenvalue weighted by molar-refractivity contribution is 0.0946. The summed E-state index contributed by atoms with van der Waals surface area (Å²) in [6.45, 7) is 2.02. The summed E-state index contributed by atoms with van der Waals surface area (Å²) in [6, 6.07) is 8.11. The Balaban J connectivity index is 2.01. The monoisotopic (exact) mass is 308 g/mol. The normalized spacial score (nSPS) is 22.3. The Kier molecular flexibility index (Phi) is 2.93. The van der Waals surface area contributed by atoms with Crippen LogP contribution in [0.15, 0.2) is 30.3 Å². The lowest BCUT2D eigenvalue weighted by atomic mass is 9.74. The molecular formula is C19H16O4. The molecule has 116 valence electrons. The van der Waals surface area contributed by atoms with Crippen LogP contribution in [0.2, 0.25) is 0 Å². The van der Waals surface area contributed by atoms with E-state index in [4.69, 9.17) is 0 Å². The molecule has 2 aromatic carbocycles. The molecule has 0 aliphatic heterocycles.